The van der Waals surface area contributed by atoms with E-state index in [1.54, 1.807) is 6.20 Å². The van der Waals surface area contributed by atoms with Crippen molar-refractivity contribution in [3.8, 4) is 11.1 Å². The molecule has 1 radical (unpaired) electrons. The molecule has 1 nitrogen and oxygen atoms in total. The van der Waals surface area contributed by atoms with E-state index in [1.807, 2.05) is 42.5 Å². The molecule has 0 saturated heterocycles. The summed E-state index contributed by atoms with van der Waals surface area (Å²) in [5, 5.41) is 0.661. The van der Waals surface area contributed by atoms with Crippen molar-refractivity contribution in [3.63, 3.8) is 0 Å². The third-order valence-corrected chi connectivity index (χ3v) is 2.18. The minimum absolute atomic E-state index is 0.661. The molecule has 63 valence electrons. The zero-order valence-electron chi connectivity index (χ0n) is 6.97. The van der Waals surface area contributed by atoms with Gasteiger partial charge in [0, 0.05) is 11.8 Å². The molecule has 2 rings (SSSR count). The Bertz CT molecular complexity index is 398. The fourth-order valence-electron chi connectivity index (χ4n) is 1.23. The summed E-state index contributed by atoms with van der Waals surface area (Å²) in [6, 6.07) is 13.9. The van der Waals surface area contributed by atoms with Crippen molar-refractivity contribution in [3.05, 3.63) is 48.7 Å². The molecule has 1 heterocycles. The second-order valence-electron chi connectivity index (χ2n) is 2.72. The number of hydrogen-bond donors (Lipinski definition) is 0. The van der Waals surface area contributed by atoms with Gasteiger partial charge < -0.3 is 0 Å². The first-order valence-electron chi connectivity index (χ1n) is 4.05. The zero-order valence-corrected chi connectivity index (χ0v) is 7.79. The summed E-state index contributed by atoms with van der Waals surface area (Å²) in [7, 11) is 0. The van der Waals surface area contributed by atoms with Crippen molar-refractivity contribution in [2.75, 3.05) is 0 Å². The summed E-state index contributed by atoms with van der Waals surface area (Å²) in [5.74, 6) is 0. The van der Waals surface area contributed by atoms with Gasteiger partial charge in [0.15, 0.2) is 0 Å². The van der Waals surface area contributed by atoms with Crippen LogP contribution in [-0.4, -0.2) is 4.98 Å². The van der Waals surface area contributed by atoms with Gasteiger partial charge in [0.05, 0.1) is 0 Å². The maximum atomic E-state index is 5.12. The number of nitrogens with zero attached hydrogens (tertiary/aromatic N) is 1. The van der Waals surface area contributed by atoms with Crippen molar-refractivity contribution in [2.45, 2.75) is 5.03 Å². The molecule has 1 aromatic heterocycles. The quantitative estimate of drug-likeness (QED) is 0.665. The summed E-state index contributed by atoms with van der Waals surface area (Å²) in [4.78, 5) is 4.07. The fourth-order valence-corrected chi connectivity index (χ4v) is 1.47. The van der Waals surface area contributed by atoms with Crippen molar-refractivity contribution >= 4 is 12.6 Å². The highest BCUT2D eigenvalue weighted by Gasteiger charge is 2.00. The van der Waals surface area contributed by atoms with Gasteiger partial charge >= 0.3 is 0 Å². The summed E-state index contributed by atoms with van der Waals surface area (Å²) >= 11 is 5.12. The zero-order chi connectivity index (χ0) is 9.10. The molecular weight excluding hydrogens is 178 g/mol. The number of rotatable bonds is 1. The van der Waals surface area contributed by atoms with Gasteiger partial charge in [-0.15, -0.1) is 0 Å². The van der Waals surface area contributed by atoms with Gasteiger partial charge in [-0.1, -0.05) is 43.0 Å². The number of pyridine rings is 1. The Morgan fingerprint density at radius 1 is 0.923 bits per heavy atom. The van der Waals surface area contributed by atoms with E-state index < -0.39 is 0 Å². The van der Waals surface area contributed by atoms with Crippen LogP contribution in [0.1, 0.15) is 0 Å². The molecule has 0 aliphatic heterocycles. The van der Waals surface area contributed by atoms with Crippen LogP contribution in [0.2, 0.25) is 0 Å². The first-order chi connectivity index (χ1) is 6.38. The van der Waals surface area contributed by atoms with Crippen molar-refractivity contribution in [1.82, 2.24) is 4.98 Å². The van der Waals surface area contributed by atoms with Crippen LogP contribution in [0, 0.1) is 0 Å². The van der Waals surface area contributed by atoms with E-state index in [9.17, 15) is 0 Å². The second kappa shape index (κ2) is 3.54. The minimum atomic E-state index is 0.661. The number of aromatic nitrogens is 1. The highest BCUT2D eigenvalue weighted by atomic mass is 32.1. The highest BCUT2D eigenvalue weighted by molar-refractivity contribution is 7.80. The molecule has 0 bridgehead atoms. The van der Waals surface area contributed by atoms with Crippen molar-refractivity contribution < 1.29 is 0 Å². The third-order valence-electron chi connectivity index (χ3n) is 1.86. The maximum absolute atomic E-state index is 5.12. The smallest absolute Gasteiger partial charge is 0.133 e. The van der Waals surface area contributed by atoms with Crippen molar-refractivity contribution in [1.29, 1.82) is 0 Å². The molecule has 0 N–H and O–H groups in total. The molecule has 0 spiro atoms. The summed E-state index contributed by atoms with van der Waals surface area (Å²) in [5.41, 5.74) is 2.15. The van der Waals surface area contributed by atoms with Crippen LogP contribution < -0.4 is 0 Å². The average molecular weight is 186 g/mol. The van der Waals surface area contributed by atoms with Crippen LogP contribution in [-0.2, 0) is 0 Å². The Morgan fingerprint density at radius 3 is 2.38 bits per heavy atom. The standard InChI is InChI=1S/C11H8NS/c13-11-10(7-4-8-12-11)9-5-2-1-3-6-9/h1-8H. The Balaban J connectivity index is 2.54. The number of benzene rings is 1. The maximum Gasteiger partial charge on any atom is 0.133 e. The van der Waals surface area contributed by atoms with Crippen LogP contribution in [0.3, 0.4) is 0 Å². The summed E-state index contributed by atoms with van der Waals surface area (Å²) in [6.07, 6.45) is 1.72. The SMILES string of the molecule is [S]c1ncccc1-c1ccccc1. The van der Waals surface area contributed by atoms with E-state index in [0.717, 1.165) is 11.1 Å². The highest BCUT2D eigenvalue weighted by Crippen LogP contribution is 2.23. The van der Waals surface area contributed by atoms with Gasteiger partial charge in [-0.05, 0) is 17.7 Å². The van der Waals surface area contributed by atoms with E-state index in [2.05, 4.69) is 4.98 Å². The topological polar surface area (TPSA) is 12.9 Å². The third kappa shape index (κ3) is 1.68. The minimum Gasteiger partial charge on any atom is -0.245 e. The first-order valence-corrected chi connectivity index (χ1v) is 4.46. The lowest BCUT2D eigenvalue weighted by Gasteiger charge is -2.01. The van der Waals surface area contributed by atoms with Crippen LogP contribution in [0.4, 0.5) is 0 Å². The fraction of sp³-hybridized carbons (Fsp3) is 0. The lowest BCUT2D eigenvalue weighted by Crippen LogP contribution is -1.81. The van der Waals surface area contributed by atoms with E-state index in [-0.39, 0.29) is 0 Å². The lowest BCUT2D eigenvalue weighted by molar-refractivity contribution is 1.15. The first kappa shape index (κ1) is 8.20. The molecule has 2 aromatic rings. The van der Waals surface area contributed by atoms with Crippen LogP contribution >= 0.6 is 12.6 Å². The summed E-state index contributed by atoms with van der Waals surface area (Å²) < 4.78 is 0. The average Bonchev–Trinajstić information content (AvgIpc) is 2.20. The molecule has 1 aromatic carbocycles. The Kier molecular flexibility index (Phi) is 2.23. The van der Waals surface area contributed by atoms with Gasteiger partial charge in [0.25, 0.3) is 0 Å². The van der Waals surface area contributed by atoms with Crippen LogP contribution in [0.15, 0.2) is 53.7 Å². The normalized spacial score (nSPS) is 9.85. The number of hydrogen-bond acceptors (Lipinski definition) is 1. The molecular formula is C11H8NS. The molecule has 13 heavy (non-hydrogen) atoms. The predicted molar refractivity (Wildman–Crippen MR) is 55.5 cm³/mol. The van der Waals surface area contributed by atoms with Gasteiger partial charge in [-0.3, -0.25) is 0 Å². The Morgan fingerprint density at radius 2 is 1.69 bits per heavy atom. The largest absolute Gasteiger partial charge is 0.245 e. The predicted octanol–water partition coefficient (Wildman–Crippen LogP) is 3.31. The molecule has 2 heteroatoms. The molecule has 0 aliphatic carbocycles. The molecule has 0 amide bonds. The molecule has 0 atom stereocenters. The van der Waals surface area contributed by atoms with E-state index in [0.29, 0.717) is 5.03 Å². The Hall–Kier alpha value is -1.41. The molecule has 0 fully saturated rings. The molecule has 0 saturated carbocycles. The van der Waals surface area contributed by atoms with Gasteiger partial charge in [-0.25, -0.2) is 4.98 Å². The monoisotopic (exact) mass is 186 g/mol. The van der Waals surface area contributed by atoms with Crippen molar-refractivity contribution in [2.24, 2.45) is 0 Å². The Labute approximate surface area is 82.9 Å². The van der Waals surface area contributed by atoms with Crippen LogP contribution in [0.5, 0.6) is 0 Å². The van der Waals surface area contributed by atoms with Gasteiger partial charge in [-0.2, -0.15) is 0 Å². The lowest BCUT2D eigenvalue weighted by atomic mass is 10.1. The molecule has 0 unspecified atom stereocenters. The van der Waals surface area contributed by atoms with E-state index >= 15 is 0 Å². The van der Waals surface area contributed by atoms with Gasteiger partial charge in [0.1, 0.15) is 5.03 Å². The van der Waals surface area contributed by atoms with Crippen LogP contribution in [0.25, 0.3) is 11.1 Å². The molecule has 0 aliphatic rings. The second-order valence-corrected chi connectivity index (χ2v) is 3.11. The van der Waals surface area contributed by atoms with E-state index in [1.165, 1.54) is 0 Å². The van der Waals surface area contributed by atoms with E-state index in [4.69, 9.17) is 12.6 Å². The summed E-state index contributed by atoms with van der Waals surface area (Å²) in [6.45, 7) is 0. The van der Waals surface area contributed by atoms with Gasteiger partial charge in [0.2, 0.25) is 0 Å².